The summed E-state index contributed by atoms with van der Waals surface area (Å²) >= 11 is 7.30. The number of halogens is 2. The Balaban J connectivity index is 1.59. The summed E-state index contributed by atoms with van der Waals surface area (Å²) < 4.78 is 19.7. The molecule has 166 valence electrons. The number of benzene rings is 2. The molecular formula is C26H26ClFN2OS. The number of alkyl halides is 1. The number of aromatic nitrogens is 1. The molecule has 0 radical (unpaired) electrons. The minimum absolute atomic E-state index is 0.0259. The Morgan fingerprint density at radius 2 is 2.00 bits per heavy atom. The van der Waals surface area contributed by atoms with E-state index in [4.69, 9.17) is 27.1 Å². The summed E-state index contributed by atoms with van der Waals surface area (Å²) in [4.78, 5) is 5.82. The van der Waals surface area contributed by atoms with Gasteiger partial charge in [0.05, 0.1) is 5.69 Å². The predicted octanol–water partition coefficient (Wildman–Crippen LogP) is 6.73. The van der Waals surface area contributed by atoms with Crippen LogP contribution in [-0.4, -0.2) is 11.1 Å². The van der Waals surface area contributed by atoms with E-state index in [1.807, 2.05) is 43.3 Å². The normalized spacial score (nSPS) is 15.0. The van der Waals surface area contributed by atoms with Gasteiger partial charge in [-0.25, -0.2) is 9.37 Å². The quantitative estimate of drug-likeness (QED) is 0.309. The van der Waals surface area contributed by atoms with Gasteiger partial charge in [0.1, 0.15) is 22.6 Å². The zero-order chi connectivity index (χ0) is 22.7. The molecule has 1 saturated carbocycles. The third-order valence-electron chi connectivity index (χ3n) is 5.71. The number of aryl methyl sites for hydroxylation is 2. The number of nitrogens with two attached hydrogens (primary N) is 1. The fourth-order valence-electron chi connectivity index (χ4n) is 3.69. The van der Waals surface area contributed by atoms with Crippen molar-refractivity contribution in [1.82, 2.24) is 4.98 Å². The number of thiazole rings is 1. The molecule has 0 amide bonds. The summed E-state index contributed by atoms with van der Waals surface area (Å²) in [5.74, 6) is 7.68. The highest BCUT2D eigenvalue weighted by Gasteiger charge is 2.26. The molecule has 1 unspecified atom stereocenters. The Bertz CT molecular complexity index is 1160. The van der Waals surface area contributed by atoms with E-state index >= 15 is 0 Å². The van der Waals surface area contributed by atoms with Gasteiger partial charge < -0.3 is 10.5 Å². The molecule has 1 fully saturated rings. The van der Waals surface area contributed by atoms with Crippen molar-refractivity contribution < 1.29 is 9.13 Å². The van der Waals surface area contributed by atoms with E-state index in [1.54, 1.807) is 13.0 Å². The largest absolute Gasteiger partial charge is 0.477 e. The Hall–Kier alpha value is -2.39. The molecule has 32 heavy (non-hydrogen) atoms. The van der Waals surface area contributed by atoms with Crippen LogP contribution in [0.4, 0.5) is 4.39 Å². The maximum absolute atomic E-state index is 14.2. The van der Waals surface area contributed by atoms with Gasteiger partial charge in [-0.15, -0.1) is 11.3 Å². The van der Waals surface area contributed by atoms with E-state index in [2.05, 4.69) is 11.8 Å². The molecule has 6 heteroatoms. The molecule has 2 N–H and O–H groups in total. The van der Waals surface area contributed by atoms with E-state index in [0.29, 0.717) is 17.2 Å². The van der Waals surface area contributed by atoms with Crippen LogP contribution in [0.3, 0.4) is 0 Å². The lowest BCUT2D eigenvalue weighted by molar-refractivity contribution is 0.389. The highest BCUT2D eigenvalue weighted by atomic mass is 35.5. The van der Waals surface area contributed by atoms with Gasteiger partial charge in [-0.3, -0.25) is 0 Å². The van der Waals surface area contributed by atoms with Crippen LogP contribution >= 0.6 is 22.9 Å². The fourth-order valence-corrected chi connectivity index (χ4v) is 4.70. The minimum Gasteiger partial charge on any atom is -0.477 e. The van der Waals surface area contributed by atoms with Crippen molar-refractivity contribution in [2.45, 2.75) is 45.1 Å². The number of hydrogen-bond donors (Lipinski definition) is 1. The third-order valence-corrected chi connectivity index (χ3v) is 6.87. The first-order valence-electron chi connectivity index (χ1n) is 10.7. The third kappa shape index (κ3) is 5.32. The van der Waals surface area contributed by atoms with Gasteiger partial charge in [0.2, 0.25) is 0 Å². The average molecular weight is 469 g/mol. The summed E-state index contributed by atoms with van der Waals surface area (Å²) in [6.07, 6.45) is 3.38. The Morgan fingerprint density at radius 3 is 2.72 bits per heavy atom. The van der Waals surface area contributed by atoms with Crippen molar-refractivity contribution >= 4 is 22.9 Å². The SMILES string of the molecule is Cc1ccc([C@@H](C#CC(N)c2nc(-c3ccccc3OCCl)c(C)s2)CC2CC2)cc1F. The molecule has 1 aliphatic rings. The van der Waals surface area contributed by atoms with E-state index in [1.165, 1.54) is 24.2 Å². The Morgan fingerprint density at radius 1 is 1.22 bits per heavy atom. The summed E-state index contributed by atoms with van der Waals surface area (Å²) in [5.41, 5.74) is 9.71. The number of ether oxygens (including phenoxy) is 1. The van der Waals surface area contributed by atoms with E-state index < -0.39 is 6.04 Å². The smallest absolute Gasteiger partial charge is 0.162 e. The van der Waals surface area contributed by atoms with Crippen LogP contribution in [0.5, 0.6) is 5.75 Å². The minimum atomic E-state index is -0.509. The second-order valence-corrected chi connectivity index (χ2v) is 9.67. The van der Waals surface area contributed by atoms with Crippen LogP contribution in [0.15, 0.2) is 42.5 Å². The lowest BCUT2D eigenvalue weighted by Gasteiger charge is -2.12. The molecule has 0 bridgehead atoms. The van der Waals surface area contributed by atoms with Gasteiger partial charge in [0, 0.05) is 16.4 Å². The van der Waals surface area contributed by atoms with Gasteiger partial charge in [0.25, 0.3) is 0 Å². The summed E-state index contributed by atoms with van der Waals surface area (Å²) in [5, 5.41) is 0.755. The molecule has 1 heterocycles. The molecule has 3 nitrogen and oxygen atoms in total. The predicted molar refractivity (Wildman–Crippen MR) is 130 cm³/mol. The number of nitrogens with zero attached hydrogens (tertiary/aromatic N) is 1. The van der Waals surface area contributed by atoms with Gasteiger partial charge in [-0.2, -0.15) is 0 Å². The zero-order valence-electron chi connectivity index (χ0n) is 18.2. The molecule has 2 aromatic carbocycles. The molecular weight excluding hydrogens is 443 g/mol. The van der Waals surface area contributed by atoms with Crippen molar-refractivity contribution in [2.24, 2.45) is 11.7 Å². The Labute approximate surface area is 197 Å². The fraction of sp³-hybridized carbons (Fsp3) is 0.346. The summed E-state index contributed by atoms with van der Waals surface area (Å²) in [6.45, 7) is 3.79. The molecule has 3 aromatic rings. The van der Waals surface area contributed by atoms with Crippen molar-refractivity contribution in [1.29, 1.82) is 0 Å². The summed E-state index contributed by atoms with van der Waals surface area (Å²) in [7, 11) is 0. The van der Waals surface area contributed by atoms with Crippen molar-refractivity contribution in [3.8, 4) is 28.8 Å². The van der Waals surface area contributed by atoms with Gasteiger partial charge >= 0.3 is 0 Å². The van der Waals surface area contributed by atoms with E-state index in [0.717, 1.165) is 33.1 Å². The van der Waals surface area contributed by atoms with Crippen molar-refractivity contribution in [3.05, 3.63) is 69.3 Å². The average Bonchev–Trinajstić information content (AvgIpc) is 3.52. The molecule has 0 saturated heterocycles. The van der Waals surface area contributed by atoms with Gasteiger partial charge in [0.15, 0.2) is 6.07 Å². The van der Waals surface area contributed by atoms with Gasteiger partial charge in [-0.1, -0.05) is 60.5 Å². The lowest BCUT2D eigenvalue weighted by atomic mass is 9.93. The highest BCUT2D eigenvalue weighted by molar-refractivity contribution is 7.12. The van der Waals surface area contributed by atoms with Crippen LogP contribution in [0, 0.1) is 37.4 Å². The highest BCUT2D eigenvalue weighted by Crippen LogP contribution is 2.39. The number of rotatable bonds is 7. The molecule has 0 spiro atoms. The van der Waals surface area contributed by atoms with E-state index in [9.17, 15) is 4.39 Å². The molecule has 1 aromatic heterocycles. The van der Waals surface area contributed by atoms with Crippen LogP contribution in [-0.2, 0) is 0 Å². The first kappa shape index (κ1) is 22.8. The first-order valence-corrected chi connectivity index (χ1v) is 12.1. The molecule has 4 rings (SSSR count). The van der Waals surface area contributed by atoms with Crippen LogP contribution in [0.1, 0.15) is 52.2 Å². The topological polar surface area (TPSA) is 48.1 Å². The zero-order valence-corrected chi connectivity index (χ0v) is 19.8. The maximum atomic E-state index is 14.2. The van der Waals surface area contributed by atoms with Crippen LogP contribution < -0.4 is 10.5 Å². The number of hydrogen-bond acceptors (Lipinski definition) is 4. The second kappa shape index (κ2) is 10.0. The molecule has 0 aliphatic heterocycles. The standard InChI is InChI=1S/C26H26ClFN2OS/c1-16-7-10-20(14-22(16)28)19(13-18-8-9-18)11-12-23(29)26-30-25(17(2)32-26)21-5-3-4-6-24(21)31-15-27/h3-7,10,14,18-19,23H,8-9,13,15,29H2,1-2H3/t19-,23?/m0/s1. The van der Waals surface area contributed by atoms with Crippen LogP contribution in [0.25, 0.3) is 11.3 Å². The maximum Gasteiger partial charge on any atom is 0.162 e. The monoisotopic (exact) mass is 468 g/mol. The van der Waals surface area contributed by atoms with Crippen molar-refractivity contribution in [3.63, 3.8) is 0 Å². The van der Waals surface area contributed by atoms with Crippen molar-refractivity contribution in [2.75, 3.05) is 6.07 Å². The van der Waals surface area contributed by atoms with Gasteiger partial charge in [-0.05, 0) is 55.5 Å². The van der Waals surface area contributed by atoms with Crippen LogP contribution in [0.2, 0.25) is 0 Å². The molecule has 1 aliphatic carbocycles. The summed E-state index contributed by atoms with van der Waals surface area (Å²) in [6, 6.07) is 12.7. The van der Waals surface area contributed by atoms with E-state index in [-0.39, 0.29) is 17.8 Å². The number of para-hydroxylation sites is 1. The lowest BCUT2D eigenvalue weighted by Crippen LogP contribution is -2.08. The molecule has 2 atom stereocenters. The Kier molecular flexibility index (Phi) is 7.15. The first-order chi connectivity index (χ1) is 15.5. The second-order valence-electron chi connectivity index (χ2n) is 8.21.